The Balaban J connectivity index is 1.60. The van der Waals surface area contributed by atoms with Crippen molar-refractivity contribution in [3.8, 4) is 5.75 Å². The van der Waals surface area contributed by atoms with E-state index in [1.54, 1.807) is 4.90 Å². The van der Waals surface area contributed by atoms with E-state index in [-0.39, 0.29) is 24.0 Å². The van der Waals surface area contributed by atoms with E-state index < -0.39 is 17.2 Å². The number of rotatable bonds is 2. The third-order valence-corrected chi connectivity index (χ3v) is 5.52. The van der Waals surface area contributed by atoms with E-state index in [9.17, 15) is 23.1 Å². The normalized spacial score (nSPS) is 24.1. The number of carbonyl (C=O) groups excluding carboxylic acids is 1. The van der Waals surface area contributed by atoms with Crippen molar-refractivity contribution in [3.05, 3.63) is 65.2 Å². The first kappa shape index (κ1) is 17.9. The topological polar surface area (TPSA) is 49.8 Å². The van der Waals surface area contributed by atoms with Crippen LogP contribution in [-0.4, -0.2) is 42.2 Å². The number of para-hydroxylation sites is 1. The lowest BCUT2D eigenvalue weighted by Crippen LogP contribution is -2.42. The molecular formula is C20H18F3NO3. The number of fused-ring (bicyclic) bond motifs is 3. The van der Waals surface area contributed by atoms with Gasteiger partial charge in [-0.15, -0.1) is 0 Å². The van der Waals surface area contributed by atoms with Crippen molar-refractivity contribution in [2.24, 2.45) is 5.41 Å². The molecular weight excluding hydrogens is 359 g/mol. The zero-order chi connectivity index (χ0) is 19.2. The van der Waals surface area contributed by atoms with E-state index in [0.29, 0.717) is 19.7 Å². The maximum atomic E-state index is 12.8. The summed E-state index contributed by atoms with van der Waals surface area (Å²) in [7, 11) is 0. The first-order valence-electron chi connectivity index (χ1n) is 8.63. The van der Waals surface area contributed by atoms with Crippen LogP contribution in [-0.2, 0) is 6.18 Å². The molecule has 0 aliphatic carbocycles. The number of hydrogen-bond acceptors (Lipinski definition) is 3. The maximum Gasteiger partial charge on any atom is 0.416 e. The zero-order valence-corrected chi connectivity index (χ0v) is 14.4. The second kappa shape index (κ2) is 6.27. The Labute approximate surface area is 154 Å². The lowest BCUT2D eigenvalue weighted by molar-refractivity contribution is -0.137. The Hall–Kier alpha value is -2.54. The quantitative estimate of drug-likeness (QED) is 0.874. The lowest BCUT2D eigenvalue weighted by Gasteiger charge is -2.37. The van der Waals surface area contributed by atoms with Crippen molar-refractivity contribution in [1.29, 1.82) is 0 Å². The van der Waals surface area contributed by atoms with E-state index in [1.165, 1.54) is 12.1 Å². The molecule has 1 amide bonds. The first-order chi connectivity index (χ1) is 12.8. The van der Waals surface area contributed by atoms with Gasteiger partial charge in [-0.1, -0.05) is 18.2 Å². The van der Waals surface area contributed by atoms with Crippen LogP contribution < -0.4 is 4.74 Å². The van der Waals surface area contributed by atoms with Gasteiger partial charge in [0.05, 0.1) is 24.2 Å². The molecule has 27 heavy (non-hydrogen) atoms. The van der Waals surface area contributed by atoms with Gasteiger partial charge in [-0.3, -0.25) is 4.79 Å². The van der Waals surface area contributed by atoms with Gasteiger partial charge in [0.15, 0.2) is 0 Å². The summed E-state index contributed by atoms with van der Waals surface area (Å²) in [5.74, 6) is 0.324. The predicted octanol–water partition coefficient (Wildman–Crippen LogP) is 3.32. The number of aliphatic hydroxyl groups is 1. The minimum absolute atomic E-state index is 0.0779. The summed E-state index contributed by atoms with van der Waals surface area (Å²) in [6.45, 7) is 0.841. The van der Waals surface area contributed by atoms with E-state index in [4.69, 9.17) is 4.74 Å². The van der Waals surface area contributed by atoms with Gasteiger partial charge in [0.1, 0.15) is 5.75 Å². The molecule has 4 nitrogen and oxygen atoms in total. The largest absolute Gasteiger partial charge is 0.493 e. The molecule has 2 heterocycles. The van der Waals surface area contributed by atoms with Crippen molar-refractivity contribution in [2.45, 2.75) is 12.1 Å². The van der Waals surface area contributed by atoms with Crippen molar-refractivity contribution in [2.75, 3.05) is 26.3 Å². The first-order valence-corrected chi connectivity index (χ1v) is 8.63. The number of carbonyl (C=O) groups is 1. The van der Waals surface area contributed by atoms with Gasteiger partial charge in [0.2, 0.25) is 0 Å². The summed E-state index contributed by atoms with van der Waals surface area (Å²) in [5.41, 5.74) is -0.247. The van der Waals surface area contributed by atoms with Gasteiger partial charge in [0, 0.05) is 24.6 Å². The molecule has 0 radical (unpaired) electrons. The third-order valence-electron chi connectivity index (χ3n) is 5.52. The highest BCUT2D eigenvalue weighted by Crippen LogP contribution is 2.49. The molecule has 0 unspecified atom stereocenters. The van der Waals surface area contributed by atoms with Crippen LogP contribution in [0, 0.1) is 5.41 Å². The van der Waals surface area contributed by atoms with Crippen LogP contribution >= 0.6 is 0 Å². The molecule has 1 N–H and O–H groups in total. The minimum atomic E-state index is -4.44. The molecule has 0 spiro atoms. The summed E-state index contributed by atoms with van der Waals surface area (Å²) < 4.78 is 44.0. The number of halogens is 3. The second-order valence-corrected chi connectivity index (χ2v) is 7.16. The Kier molecular flexibility index (Phi) is 4.14. The molecule has 2 aromatic carbocycles. The van der Waals surface area contributed by atoms with Gasteiger partial charge < -0.3 is 14.7 Å². The summed E-state index contributed by atoms with van der Waals surface area (Å²) in [6, 6.07) is 11.8. The Morgan fingerprint density at radius 3 is 2.56 bits per heavy atom. The SMILES string of the molecule is O=C(c1ccc(C(F)(F)F)cc1)N1C[C@@H]2c3ccccc3OC[C@]2(CO)C1. The molecule has 0 bridgehead atoms. The summed E-state index contributed by atoms with van der Waals surface area (Å²) in [6.07, 6.45) is -4.44. The molecule has 0 saturated carbocycles. The highest BCUT2D eigenvalue weighted by Gasteiger charge is 2.52. The third kappa shape index (κ3) is 2.96. The number of aliphatic hydroxyl groups excluding tert-OH is 1. The van der Waals surface area contributed by atoms with Crippen molar-refractivity contribution < 1.29 is 27.8 Å². The van der Waals surface area contributed by atoms with Crippen molar-refractivity contribution >= 4 is 5.91 Å². The molecule has 2 aliphatic heterocycles. The van der Waals surface area contributed by atoms with Gasteiger partial charge in [-0.05, 0) is 35.9 Å². The Morgan fingerprint density at radius 2 is 1.89 bits per heavy atom. The predicted molar refractivity (Wildman–Crippen MR) is 91.5 cm³/mol. The molecule has 2 atom stereocenters. The number of nitrogens with zero attached hydrogens (tertiary/aromatic N) is 1. The van der Waals surface area contributed by atoms with Gasteiger partial charge in [0.25, 0.3) is 5.91 Å². The number of likely N-dealkylation sites (tertiary alicyclic amines) is 1. The van der Waals surface area contributed by atoms with Crippen LogP contribution in [0.15, 0.2) is 48.5 Å². The van der Waals surface area contributed by atoms with Crippen LogP contribution in [0.2, 0.25) is 0 Å². The number of ether oxygens (including phenoxy) is 1. The lowest BCUT2D eigenvalue weighted by atomic mass is 9.74. The number of hydrogen-bond donors (Lipinski definition) is 1. The van der Waals surface area contributed by atoms with E-state index >= 15 is 0 Å². The molecule has 1 fully saturated rings. The van der Waals surface area contributed by atoms with Crippen LogP contribution in [0.3, 0.4) is 0 Å². The van der Waals surface area contributed by atoms with Crippen LogP contribution in [0.1, 0.15) is 27.4 Å². The number of amides is 1. The van der Waals surface area contributed by atoms with Crippen LogP contribution in [0.4, 0.5) is 13.2 Å². The average molecular weight is 377 g/mol. The zero-order valence-electron chi connectivity index (χ0n) is 14.4. The molecule has 4 rings (SSSR count). The molecule has 142 valence electrons. The van der Waals surface area contributed by atoms with Crippen molar-refractivity contribution in [1.82, 2.24) is 4.90 Å². The smallest absolute Gasteiger partial charge is 0.416 e. The summed E-state index contributed by atoms with van der Waals surface area (Å²) in [4.78, 5) is 14.4. The fourth-order valence-corrected chi connectivity index (χ4v) is 4.01. The fourth-order valence-electron chi connectivity index (χ4n) is 4.01. The van der Waals surface area contributed by atoms with E-state index in [1.807, 2.05) is 24.3 Å². The Bertz CT molecular complexity index is 866. The van der Waals surface area contributed by atoms with Gasteiger partial charge in [-0.25, -0.2) is 0 Å². The van der Waals surface area contributed by atoms with Crippen LogP contribution in [0.25, 0.3) is 0 Å². The van der Waals surface area contributed by atoms with Gasteiger partial charge in [-0.2, -0.15) is 13.2 Å². The fraction of sp³-hybridized carbons (Fsp3) is 0.350. The summed E-state index contributed by atoms with van der Waals surface area (Å²) in [5, 5.41) is 10.0. The average Bonchev–Trinajstić information content (AvgIpc) is 3.08. The standard InChI is InChI=1S/C20H18F3NO3/c21-20(22,23)14-7-5-13(6-8-14)18(26)24-9-16-15-3-1-2-4-17(15)27-12-19(16,10-24)11-25/h1-8,16,25H,9-12H2/t16-,19-/m1/s1. The Morgan fingerprint density at radius 1 is 1.19 bits per heavy atom. The number of alkyl halides is 3. The monoisotopic (exact) mass is 377 g/mol. The highest BCUT2D eigenvalue weighted by atomic mass is 19.4. The van der Waals surface area contributed by atoms with Crippen molar-refractivity contribution in [3.63, 3.8) is 0 Å². The molecule has 7 heteroatoms. The molecule has 0 aromatic heterocycles. The van der Waals surface area contributed by atoms with Gasteiger partial charge >= 0.3 is 6.18 Å². The molecule has 1 saturated heterocycles. The van der Waals surface area contributed by atoms with E-state index in [2.05, 4.69) is 0 Å². The maximum absolute atomic E-state index is 12.8. The summed E-state index contributed by atoms with van der Waals surface area (Å²) >= 11 is 0. The molecule has 2 aliphatic rings. The van der Waals surface area contributed by atoms with Crippen LogP contribution in [0.5, 0.6) is 5.75 Å². The second-order valence-electron chi connectivity index (χ2n) is 7.16. The highest BCUT2D eigenvalue weighted by molar-refractivity contribution is 5.94. The van der Waals surface area contributed by atoms with E-state index in [0.717, 1.165) is 23.4 Å². The molecule has 2 aromatic rings. The minimum Gasteiger partial charge on any atom is -0.493 e. The number of benzene rings is 2.